The van der Waals surface area contributed by atoms with Crippen molar-refractivity contribution in [1.82, 2.24) is 9.88 Å². The molecule has 16 heavy (non-hydrogen) atoms. The highest BCUT2D eigenvalue weighted by Crippen LogP contribution is 2.27. The maximum atomic E-state index is 11.4. The molecule has 0 unspecified atom stereocenters. The number of carbonyl (C=O) groups is 1. The highest BCUT2D eigenvalue weighted by Gasteiger charge is 2.22. The molecule has 2 rings (SSSR count). The van der Waals surface area contributed by atoms with Crippen molar-refractivity contribution < 1.29 is 4.79 Å². The zero-order chi connectivity index (χ0) is 11.4. The molecule has 0 aromatic carbocycles. The second-order valence-corrected chi connectivity index (χ2v) is 4.09. The van der Waals surface area contributed by atoms with Crippen LogP contribution < -0.4 is 0 Å². The van der Waals surface area contributed by atoms with Crippen LogP contribution in [0.3, 0.4) is 0 Å². The molecule has 0 atom stereocenters. The summed E-state index contributed by atoms with van der Waals surface area (Å²) in [6, 6.07) is 4.08. The summed E-state index contributed by atoms with van der Waals surface area (Å²) in [5, 5.41) is 0. The molecule has 1 aromatic rings. The number of nitrogens with zero attached hydrogens (tertiary/aromatic N) is 2. The Bertz CT molecular complexity index is 367. The van der Waals surface area contributed by atoms with E-state index >= 15 is 0 Å². The van der Waals surface area contributed by atoms with E-state index in [0.717, 1.165) is 25.9 Å². The first kappa shape index (κ1) is 10.9. The number of hydrogen-bond acceptors (Lipinski definition) is 2. The van der Waals surface area contributed by atoms with Crippen LogP contribution in [0.25, 0.3) is 0 Å². The predicted molar refractivity (Wildman–Crippen MR) is 63.0 cm³/mol. The fourth-order valence-corrected chi connectivity index (χ4v) is 2.18. The van der Waals surface area contributed by atoms with Gasteiger partial charge in [0.25, 0.3) is 0 Å². The van der Waals surface area contributed by atoms with E-state index in [9.17, 15) is 4.79 Å². The van der Waals surface area contributed by atoms with Gasteiger partial charge in [-0.05, 0) is 36.5 Å². The predicted octanol–water partition coefficient (Wildman–Crippen LogP) is 1.97. The van der Waals surface area contributed by atoms with Crippen LogP contribution in [0.4, 0.5) is 0 Å². The van der Waals surface area contributed by atoms with Gasteiger partial charge >= 0.3 is 0 Å². The van der Waals surface area contributed by atoms with Crippen molar-refractivity contribution in [3.05, 3.63) is 42.7 Å². The van der Waals surface area contributed by atoms with Gasteiger partial charge < -0.3 is 4.90 Å². The van der Waals surface area contributed by atoms with E-state index in [2.05, 4.69) is 17.6 Å². The maximum Gasteiger partial charge on any atom is 0.245 e. The first-order valence-corrected chi connectivity index (χ1v) is 5.62. The third-order valence-corrected chi connectivity index (χ3v) is 3.14. The van der Waals surface area contributed by atoms with Crippen LogP contribution in [0, 0.1) is 0 Å². The average Bonchev–Trinajstić information content (AvgIpc) is 2.39. The zero-order valence-electron chi connectivity index (χ0n) is 9.30. The molecule has 0 saturated carbocycles. The van der Waals surface area contributed by atoms with Gasteiger partial charge in [0, 0.05) is 25.5 Å². The number of likely N-dealkylation sites (tertiary alicyclic amines) is 1. The molecule has 84 valence electrons. The lowest BCUT2D eigenvalue weighted by molar-refractivity contribution is -0.127. The van der Waals surface area contributed by atoms with E-state index in [0.29, 0.717) is 5.92 Å². The van der Waals surface area contributed by atoms with Crippen LogP contribution in [-0.2, 0) is 4.79 Å². The molecule has 0 N–H and O–H groups in total. The summed E-state index contributed by atoms with van der Waals surface area (Å²) in [6.45, 7) is 5.16. The molecule has 0 bridgehead atoms. The van der Waals surface area contributed by atoms with Crippen molar-refractivity contribution in [2.75, 3.05) is 13.1 Å². The van der Waals surface area contributed by atoms with Crippen molar-refractivity contribution in [2.45, 2.75) is 18.8 Å². The Morgan fingerprint density at radius 2 is 2.25 bits per heavy atom. The number of pyridine rings is 1. The highest BCUT2D eigenvalue weighted by atomic mass is 16.2. The van der Waals surface area contributed by atoms with E-state index in [1.807, 2.05) is 17.2 Å². The molecular formula is C13H16N2O. The van der Waals surface area contributed by atoms with Crippen LogP contribution in [0.2, 0.25) is 0 Å². The van der Waals surface area contributed by atoms with Gasteiger partial charge in [0.05, 0.1) is 0 Å². The van der Waals surface area contributed by atoms with Gasteiger partial charge in [-0.1, -0.05) is 12.6 Å². The smallest absolute Gasteiger partial charge is 0.245 e. The van der Waals surface area contributed by atoms with E-state index in [1.165, 1.54) is 11.6 Å². The first-order valence-electron chi connectivity index (χ1n) is 5.62. The van der Waals surface area contributed by atoms with Gasteiger partial charge in [0.15, 0.2) is 0 Å². The van der Waals surface area contributed by atoms with Gasteiger partial charge in [-0.25, -0.2) is 0 Å². The molecule has 0 spiro atoms. The summed E-state index contributed by atoms with van der Waals surface area (Å²) in [6.07, 6.45) is 7.15. The van der Waals surface area contributed by atoms with Crippen molar-refractivity contribution in [1.29, 1.82) is 0 Å². The molecule has 0 aliphatic carbocycles. The molecule has 0 radical (unpaired) electrons. The Balaban J connectivity index is 1.95. The van der Waals surface area contributed by atoms with Crippen LogP contribution in [-0.4, -0.2) is 28.9 Å². The van der Waals surface area contributed by atoms with Crippen LogP contribution in [0.15, 0.2) is 37.2 Å². The van der Waals surface area contributed by atoms with E-state index < -0.39 is 0 Å². The second kappa shape index (κ2) is 4.92. The maximum absolute atomic E-state index is 11.4. The normalized spacial score (nSPS) is 17.1. The topological polar surface area (TPSA) is 33.2 Å². The van der Waals surface area contributed by atoms with Gasteiger partial charge in [-0.15, -0.1) is 0 Å². The van der Waals surface area contributed by atoms with Gasteiger partial charge in [-0.3, -0.25) is 9.78 Å². The van der Waals surface area contributed by atoms with Gasteiger partial charge in [0.1, 0.15) is 0 Å². The molecule has 1 aromatic heterocycles. The summed E-state index contributed by atoms with van der Waals surface area (Å²) in [5.41, 5.74) is 1.29. The number of carbonyl (C=O) groups excluding carboxylic acids is 1. The summed E-state index contributed by atoms with van der Waals surface area (Å²) < 4.78 is 0. The number of aromatic nitrogens is 1. The Kier molecular flexibility index (Phi) is 3.34. The zero-order valence-corrected chi connectivity index (χ0v) is 9.30. The monoisotopic (exact) mass is 216 g/mol. The molecule has 3 heteroatoms. The molecule has 1 aliphatic heterocycles. The molecular weight excluding hydrogens is 200 g/mol. The summed E-state index contributed by atoms with van der Waals surface area (Å²) in [7, 11) is 0. The summed E-state index contributed by atoms with van der Waals surface area (Å²) in [4.78, 5) is 17.4. The lowest BCUT2D eigenvalue weighted by atomic mass is 9.90. The van der Waals surface area contributed by atoms with Crippen LogP contribution in [0.1, 0.15) is 24.3 Å². The largest absolute Gasteiger partial charge is 0.339 e. The van der Waals surface area contributed by atoms with Gasteiger partial charge in [0.2, 0.25) is 5.91 Å². The lowest BCUT2D eigenvalue weighted by Crippen LogP contribution is -2.36. The SMILES string of the molecule is C=CC(=O)N1CCC(c2cccnc2)CC1. The molecule has 1 amide bonds. The Morgan fingerprint density at radius 3 is 2.81 bits per heavy atom. The third-order valence-electron chi connectivity index (χ3n) is 3.14. The van der Waals surface area contributed by atoms with Crippen molar-refractivity contribution in [3.8, 4) is 0 Å². The number of rotatable bonds is 2. The van der Waals surface area contributed by atoms with Crippen LogP contribution in [0.5, 0.6) is 0 Å². The van der Waals surface area contributed by atoms with E-state index in [-0.39, 0.29) is 5.91 Å². The Labute approximate surface area is 95.8 Å². The minimum atomic E-state index is 0.0460. The number of hydrogen-bond donors (Lipinski definition) is 0. The van der Waals surface area contributed by atoms with Crippen molar-refractivity contribution in [2.24, 2.45) is 0 Å². The van der Waals surface area contributed by atoms with E-state index in [1.54, 1.807) is 6.20 Å². The number of piperidine rings is 1. The van der Waals surface area contributed by atoms with Gasteiger partial charge in [-0.2, -0.15) is 0 Å². The fraction of sp³-hybridized carbons (Fsp3) is 0.385. The lowest BCUT2D eigenvalue weighted by Gasteiger charge is -2.31. The van der Waals surface area contributed by atoms with Crippen molar-refractivity contribution in [3.63, 3.8) is 0 Å². The highest BCUT2D eigenvalue weighted by molar-refractivity contribution is 5.87. The minimum Gasteiger partial charge on any atom is -0.339 e. The first-order chi connectivity index (χ1) is 7.81. The average molecular weight is 216 g/mol. The number of amides is 1. The Hall–Kier alpha value is -1.64. The molecule has 1 aliphatic rings. The second-order valence-electron chi connectivity index (χ2n) is 4.09. The fourth-order valence-electron chi connectivity index (χ4n) is 2.18. The quantitative estimate of drug-likeness (QED) is 0.708. The van der Waals surface area contributed by atoms with Crippen LogP contribution >= 0.6 is 0 Å². The molecule has 2 heterocycles. The minimum absolute atomic E-state index is 0.0460. The molecule has 1 fully saturated rings. The molecule has 3 nitrogen and oxygen atoms in total. The Morgan fingerprint density at radius 1 is 1.50 bits per heavy atom. The molecule has 1 saturated heterocycles. The third kappa shape index (κ3) is 2.30. The van der Waals surface area contributed by atoms with E-state index in [4.69, 9.17) is 0 Å². The summed E-state index contributed by atoms with van der Waals surface area (Å²) >= 11 is 0. The standard InChI is InChI=1S/C13H16N2O/c1-2-13(16)15-8-5-11(6-9-15)12-4-3-7-14-10-12/h2-4,7,10-11H,1,5-6,8-9H2. The summed E-state index contributed by atoms with van der Waals surface area (Å²) in [5.74, 6) is 0.590. The van der Waals surface area contributed by atoms with Crippen molar-refractivity contribution >= 4 is 5.91 Å².